The zero-order chi connectivity index (χ0) is 22.1. The van der Waals surface area contributed by atoms with Gasteiger partial charge in [-0.05, 0) is 57.0 Å². The van der Waals surface area contributed by atoms with E-state index in [2.05, 4.69) is 0 Å². The van der Waals surface area contributed by atoms with Gasteiger partial charge < -0.3 is 9.47 Å². The minimum absolute atomic E-state index is 0.0547. The Labute approximate surface area is 176 Å². The van der Waals surface area contributed by atoms with Crippen LogP contribution in [0.2, 0.25) is 0 Å². The van der Waals surface area contributed by atoms with Crippen LogP contribution >= 0.6 is 0 Å². The van der Waals surface area contributed by atoms with Crippen molar-refractivity contribution >= 4 is 26.4 Å². The van der Waals surface area contributed by atoms with Crippen molar-refractivity contribution in [2.45, 2.75) is 50.5 Å². The predicted molar refractivity (Wildman–Crippen MR) is 119 cm³/mol. The molecule has 160 valence electrons. The van der Waals surface area contributed by atoms with Gasteiger partial charge in [0.25, 0.3) is 0 Å². The van der Waals surface area contributed by atoms with Gasteiger partial charge in [0.05, 0.1) is 21.5 Å². The topological polar surface area (TPSA) is 59.4 Å². The highest BCUT2D eigenvalue weighted by Gasteiger charge is 2.25. The SMILES string of the molecule is CCc1ccc(S(=O)(=O)c2cn(CC)c3cc(N(CC)CC)c(F)cc3c2=O)cc1. The molecule has 5 nitrogen and oxygen atoms in total. The molecule has 0 aliphatic rings. The van der Waals surface area contributed by atoms with Crippen LogP contribution < -0.4 is 10.3 Å². The fraction of sp³-hybridized carbons (Fsp3) is 0.348. The molecule has 30 heavy (non-hydrogen) atoms. The molecule has 0 saturated heterocycles. The van der Waals surface area contributed by atoms with Crippen LogP contribution in [0.3, 0.4) is 0 Å². The zero-order valence-electron chi connectivity index (χ0n) is 17.8. The van der Waals surface area contributed by atoms with Crippen LogP contribution in [0.5, 0.6) is 0 Å². The lowest BCUT2D eigenvalue weighted by molar-refractivity contribution is 0.593. The Morgan fingerprint density at radius 2 is 1.63 bits per heavy atom. The fourth-order valence-corrected chi connectivity index (χ4v) is 5.03. The first-order valence-corrected chi connectivity index (χ1v) is 11.7. The summed E-state index contributed by atoms with van der Waals surface area (Å²) in [6.07, 6.45) is 2.16. The molecule has 0 bridgehead atoms. The third kappa shape index (κ3) is 3.74. The highest BCUT2D eigenvalue weighted by molar-refractivity contribution is 7.91. The van der Waals surface area contributed by atoms with Gasteiger partial charge in [-0.15, -0.1) is 0 Å². The summed E-state index contributed by atoms with van der Waals surface area (Å²) in [5.74, 6) is -0.534. The number of pyridine rings is 1. The number of rotatable bonds is 7. The van der Waals surface area contributed by atoms with Gasteiger partial charge in [0.1, 0.15) is 10.7 Å². The molecule has 1 aromatic heterocycles. The van der Waals surface area contributed by atoms with Crippen LogP contribution in [0.15, 0.2) is 57.2 Å². The van der Waals surface area contributed by atoms with E-state index in [1.807, 2.05) is 32.6 Å². The third-order valence-corrected chi connectivity index (χ3v) is 7.25. The summed E-state index contributed by atoms with van der Waals surface area (Å²) in [6.45, 7) is 9.38. The first-order valence-electron chi connectivity index (χ1n) is 10.2. The van der Waals surface area contributed by atoms with E-state index in [0.29, 0.717) is 30.8 Å². The molecule has 0 aliphatic carbocycles. The number of hydrogen-bond acceptors (Lipinski definition) is 4. The van der Waals surface area contributed by atoms with Crippen molar-refractivity contribution in [3.63, 3.8) is 0 Å². The summed E-state index contributed by atoms with van der Waals surface area (Å²) in [5.41, 5.74) is 1.25. The van der Waals surface area contributed by atoms with Gasteiger partial charge in [0.2, 0.25) is 15.3 Å². The average Bonchev–Trinajstić information content (AvgIpc) is 2.75. The molecule has 0 N–H and O–H groups in total. The number of aromatic nitrogens is 1. The maximum atomic E-state index is 14.9. The Morgan fingerprint density at radius 1 is 1.00 bits per heavy atom. The monoisotopic (exact) mass is 430 g/mol. The fourth-order valence-electron chi connectivity index (χ4n) is 3.66. The molecule has 3 rings (SSSR count). The summed E-state index contributed by atoms with van der Waals surface area (Å²) in [4.78, 5) is 14.7. The van der Waals surface area contributed by atoms with Gasteiger partial charge in [0, 0.05) is 25.8 Å². The Balaban J connectivity index is 2.28. The lowest BCUT2D eigenvalue weighted by Gasteiger charge is -2.23. The molecular weight excluding hydrogens is 403 g/mol. The third-order valence-electron chi connectivity index (χ3n) is 5.49. The number of fused-ring (bicyclic) bond motifs is 1. The molecule has 0 saturated carbocycles. The van der Waals surface area contributed by atoms with Gasteiger partial charge in [0.15, 0.2) is 0 Å². The average molecular weight is 431 g/mol. The Morgan fingerprint density at radius 3 is 2.17 bits per heavy atom. The van der Waals surface area contributed by atoms with Crippen molar-refractivity contribution in [1.29, 1.82) is 0 Å². The quantitative estimate of drug-likeness (QED) is 0.557. The molecule has 0 aliphatic heterocycles. The number of hydrogen-bond donors (Lipinski definition) is 0. The van der Waals surface area contributed by atoms with E-state index in [1.54, 1.807) is 22.8 Å². The van der Waals surface area contributed by atoms with Crippen LogP contribution in [0.25, 0.3) is 10.9 Å². The van der Waals surface area contributed by atoms with Crippen molar-refractivity contribution in [2.75, 3.05) is 18.0 Å². The highest BCUT2D eigenvalue weighted by Crippen LogP contribution is 2.27. The van der Waals surface area contributed by atoms with Crippen molar-refractivity contribution in [3.05, 3.63) is 64.2 Å². The first-order chi connectivity index (χ1) is 14.3. The Bertz CT molecular complexity index is 1230. The zero-order valence-corrected chi connectivity index (χ0v) is 18.6. The Hall–Kier alpha value is -2.67. The summed E-state index contributed by atoms with van der Waals surface area (Å²) >= 11 is 0. The van der Waals surface area contributed by atoms with Crippen LogP contribution in [-0.2, 0) is 22.8 Å². The minimum atomic E-state index is -4.03. The molecule has 0 amide bonds. The van der Waals surface area contributed by atoms with Crippen molar-refractivity contribution in [2.24, 2.45) is 0 Å². The second-order valence-corrected chi connectivity index (χ2v) is 9.02. The summed E-state index contributed by atoms with van der Waals surface area (Å²) < 4.78 is 43.0. The Kier molecular flexibility index (Phi) is 6.31. The van der Waals surface area contributed by atoms with Gasteiger partial charge in [-0.25, -0.2) is 12.8 Å². The van der Waals surface area contributed by atoms with E-state index < -0.39 is 21.1 Å². The smallest absolute Gasteiger partial charge is 0.211 e. The van der Waals surface area contributed by atoms with E-state index in [1.165, 1.54) is 18.3 Å². The number of halogens is 1. The van der Waals surface area contributed by atoms with E-state index in [-0.39, 0.29) is 15.2 Å². The highest BCUT2D eigenvalue weighted by atomic mass is 32.2. The van der Waals surface area contributed by atoms with Crippen LogP contribution in [0.1, 0.15) is 33.3 Å². The van der Waals surface area contributed by atoms with Crippen molar-refractivity contribution in [1.82, 2.24) is 4.57 Å². The standard InChI is InChI=1S/C23H27FN2O3S/c1-5-16-9-11-17(12-10-16)30(28,29)22-15-26(8-4)20-14-21(25(6-2)7-3)19(24)13-18(20)23(22)27/h9-15H,5-8H2,1-4H3. The number of nitrogens with zero attached hydrogens (tertiary/aromatic N) is 2. The predicted octanol–water partition coefficient (Wildman–Crippen LogP) is 4.40. The van der Waals surface area contributed by atoms with Crippen LogP contribution in [0, 0.1) is 5.82 Å². The molecule has 0 spiro atoms. The molecule has 0 fully saturated rings. The molecule has 0 radical (unpaired) electrons. The summed E-state index contributed by atoms with van der Waals surface area (Å²) in [7, 11) is -4.03. The lowest BCUT2D eigenvalue weighted by atomic mass is 10.1. The van der Waals surface area contributed by atoms with E-state index in [9.17, 15) is 17.6 Å². The van der Waals surface area contributed by atoms with E-state index in [4.69, 9.17) is 0 Å². The van der Waals surface area contributed by atoms with E-state index in [0.717, 1.165) is 18.1 Å². The normalized spacial score (nSPS) is 11.8. The van der Waals surface area contributed by atoms with Gasteiger partial charge in [-0.2, -0.15) is 0 Å². The van der Waals surface area contributed by atoms with Crippen molar-refractivity contribution < 1.29 is 12.8 Å². The second-order valence-electron chi connectivity index (χ2n) is 7.10. The maximum Gasteiger partial charge on any atom is 0.211 e. The number of sulfone groups is 1. The van der Waals surface area contributed by atoms with Gasteiger partial charge >= 0.3 is 0 Å². The molecule has 0 atom stereocenters. The number of aryl methyl sites for hydroxylation is 2. The molecule has 7 heteroatoms. The van der Waals surface area contributed by atoms with Gasteiger partial charge in [-0.3, -0.25) is 4.79 Å². The summed E-state index contributed by atoms with van der Waals surface area (Å²) in [6, 6.07) is 9.30. The number of anilines is 1. The molecule has 3 aromatic rings. The largest absolute Gasteiger partial charge is 0.370 e. The summed E-state index contributed by atoms with van der Waals surface area (Å²) in [5, 5.41) is 0.0662. The molecular formula is C23H27FN2O3S. The molecule has 1 heterocycles. The molecule has 2 aromatic carbocycles. The van der Waals surface area contributed by atoms with Crippen LogP contribution in [0.4, 0.5) is 10.1 Å². The van der Waals surface area contributed by atoms with Gasteiger partial charge in [-0.1, -0.05) is 19.1 Å². The number of benzene rings is 2. The lowest BCUT2D eigenvalue weighted by Crippen LogP contribution is -2.24. The second kappa shape index (κ2) is 8.60. The maximum absolute atomic E-state index is 14.9. The van der Waals surface area contributed by atoms with Crippen LogP contribution in [-0.4, -0.2) is 26.1 Å². The molecule has 0 unspecified atom stereocenters. The minimum Gasteiger partial charge on any atom is -0.370 e. The van der Waals surface area contributed by atoms with Crippen molar-refractivity contribution in [3.8, 4) is 0 Å². The first kappa shape index (κ1) is 22.0. The van der Waals surface area contributed by atoms with E-state index >= 15 is 0 Å².